The van der Waals surface area contributed by atoms with E-state index in [1.807, 2.05) is 0 Å². The third-order valence-corrected chi connectivity index (χ3v) is 1.81. The molecule has 0 radical (unpaired) electrons. The Kier molecular flexibility index (Phi) is 3.42. The lowest BCUT2D eigenvalue weighted by molar-refractivity contribution is 0.366. The molecule has 0 aromatic carbocycles. The molecular formula is C9H18N4. The van der Waals surface area contributed by atoms with Crippen molar-refractivity contribution in [1.29, 1.82) is 0 Å². The van der Waals surface area contributed by atoms with Crippen LogP contribution in [0.15, 0.2) is 6.33 Å². The zero-order chi connectivity index (χ0) is 9.73. The predicted molar refractivity (Wildman–Crippen MR) is 52.2 cm³/mol. The van der Waals surface area contributed by atoms with Gasteiger partial charge in [-0.3, -0.25) is 5.10 Å². The zero-order valence-electron chi connectivity index (χ0n) is 8.59. The van der Waals surface area contributed by atoms with Crippen LogP contribution in [0.25, 0.3) is 0 Å². The second-order valence-corrected chi connectivity index (χ2v) is 4.42. The lowest BCUT2D eigenvalue weighted by Crippen LogP contribution is -2.20. The molecule has 13 heavy (non-hydrogen) atoms. The molecule has 1 rings (SSSR count). The highest BCUT2D eigenvalue weighted by Crippen LogP contribution is 2.16. The summed E-state index contributed by atoms with van der Waals surface area (Å²) in [7, 11) is 0. The molecule has 1 heterocycles. The molecule has 74 valence electrons. The highest BCUT2D eigenvalue weighted by molar-refractivity contribution is 4.78. The summed E-state index contributed by atoms with van der Waals surface area (Å²) in [4.78, 5) is 4.02. The average molecular weight is 182 g/mol. The number of nitrogens with zero attached hydrogens (tertiary/aromatic N) is 2. The van der Waals surface area contributed by atoms with E-state index in [4.69, 9.17) is 0 Å². The van der Waals surface area contributed by atoms with Gasteiger partial charge in [0.15, 0.2) is 0 Å². The van der Waals surface area contributed by atoms with Crippen molar-refractivity contribution in [2.45, 2.75) is 33.7 Å². The molecule has 0 aliphatic heterocycles. The van der Waals surface area contributed by atoms with Crippen molar-refractivity contribution in [3.05, 3.63) is 12.2 Å². The summed E-state index contributed by atoms with van der Waals surface area (Å²) in [5, 5.41) is 9.90. The maximum atomic E-state index is 4.02. The maximum absolute atomic E-state index is 4.02. The fourth-order valence-electron chi connectivity index (χ4n) is 0.986. The quantitative estimate of drug-likeness (QED) is 0.691. The molecular weight excluding hydrogens is 164 g/mol. The second kappa shape index (κ2) is 4.37. The van der Waals surface area contributed by atoms with Gasteiger partial charge in [-0.25, -0.2) is 4.98 Å². The minimum atomic E-state index is 0.397. The van der Waals surface area contributed by atoms with Crippen LogP contribution in [0.3, 0.4) is 0 Å². The van der Waals surface area contributed by atoms with Gasteiger partial charge in [0.05, 0.1) is 6.54 Å². The number of hydrogen-bond donors (Lipinski definition) is 2. The first kappa shape index (κ1) is 10.2. The first-order valence-electron chi connectivity index (χ1n) is 4.63. The van der Waals surface area contributed by atoms with E-state index in [2.05, 4.69) is 41.3 Å². The molecule has 0 aliphatic carbocycles. The standard InChI is InChI=1S/C9H18N4/c1-9(2,3)4-5-10-6-8-11-7-12-13-8/h7,10H,4-6H2,1-3H3,(H,11,12,13). The lowest BCUT2D eigenvalue weighted by atomic mass is 9.92. The van der Waals surface area contributed by atoms with Crippen molar-refractivity contribution in [2.75, 3.05) is 6.54 Å². The van der Waals surface area contributed by atoms with Gasteiger partial charge in [-0.1, -0.05) is 20.8 Å². The first-order chi connectivity index (χ1) is 6.08. The Labute approximate surface area is 79.2 Å². The summed E-state index contributed by atoms with van der Waals surface area (Å²) in [6.45, 7) is 8.51. The molecule has 0 atom stereocenters. The Bertz CT molecular complexity index is 222. The van der Waals surface area contributed by atoms with E-state index in [1.54, 1.807) is 0 Å². The molecule has 0 unspecified atom stereocenters. The van der Waals surface area contributed by atoms with Crippen molar-refractivity contribution in [3.63, 3.8) is 0 Å². The van der Waals surface area contributed by atoms with E-state index in [0.717, 1.165) is 18.9 Å². The van der Waals surface area contributed by atoms with Gasteiger partial charge in [0.1, 0.15) is 12.2 Å². The molecule has 0 spiro atoms. The van der Waals surface area contributed by atoms with Crippen molar-refractivity contribution in [1.82, 2.24) is 20.5 Å². The van der Waals surface area contributed by atoms with Crippen LogP contribution in [0.5, 0.6) is 0 Å². The van der Waals surface area contributed by atoms with Crippen LogP contribution in [0.4, 0.5) is 0 Å². The Balaban J connectivity index is 2.09. The molecule has 4 nitrogen and oxygen atoms in total. The smallest absolute Gasteiger partial charge is 0.138 e. The van der Waals surface area contributed by atoms with Crippen molar-refractivity contribution < 1.29 is 0 Å². The molecule has 2 N–H and O–H groups in total. The van der Waals surface area contributed by atoms with E-state index in [1.165, 1.54) is 12.7 Å². The summed E-state index contributed by atoms with van der Waals surface area (Å²) in [5.74, 6) is 0.897. The molecule has 4 heteroatoms. The SMILES string of the molecule is CC(C)(C)CCNCc1ncn[nH]1. The van der Waals surface area contributed by atoms with E-state index in [-0.39, 0.29) is 0 Å². The highest BCUT2D eigenvalue weighted by atomic mass is 15.2. The Morgan fingerprint density at radius 2 is 2.23 bits per heavy atom. The van der Waals surface area contributed by atoms with Gasteiger partial charge in [0.2, 0.25) is 0 Å². The number of hydrogen-bond acceptors (Lipinski definition) is 3. The highest BCUT2D eigenvalue weighted by Gasteiger charge is 2.08. The Morgan fingerprint density at radius 3 is 2.77 bits per heavy atom. The normalized spacial score (nSPS) is 11.9. The van der Waals surface area contributed by atoms with Gasteiger partial charge in [-0.05, 0) is 18.4 Å². The van der Waals surface area contributed by atoms with Crippen LogP contribution in [0.2, 0.25) is 0 Å². The number of H-pyrrole nitrogens is 1. The van der Waals surface area contributed by atoms with Gasteiger partial charge in [0.25, 0.3) is 0 Å². The fraction of sp³-hybridized carbons (Fsp3) is 0.778. The molecule has 1 aromatic rings. The molecule has 0 bridgehead atoms. The summed E-state index contributed by atoms with van der Waals surface area (Å²) < 4.78 is 0. The van der Waals surface area contributed by atoms with Crippen molar-refractivity contribution in [3.8, 4) is 0 Å². The Hall–Kier alpha value is -0.900. The summed E-state index contributed by atoms with van der Waals surface area (Å²) >= 11 is 0. The van der Waals surface area contributed by atoms with Gasteiger partial charge in [0, 0.05) is 0 Å². The summed E-state index contributed by atoms with van der Waals surface area (Å²) in [6, 6.07) is 0. The van der Waals surface area contributed by atoms with Crippen LogP contribution in [0.1, 0.15) is 33.0 Å². The van der Waals surface area contributed by atoms with E-state index >= 15 is 0 Å². The third kappa shape index (κ3) is 4.62. The molecule has 0 aliphatic rings. The van der Waals surface area contributed by atoms with Crippen LogP contribution in [-0.4, -0.2) is 21.7 Å². The summed E-state index contributed by atoms with van der Waals surface area (Å²) in [6.07, 6.45) is 2.70. The largest absolute Gasteiger partial charge is 0.310 e. The number of rotatable bonds is 4. The van der Waals surface area contributed by atoms with Crippen LogP contribution >= 0.6 is 0 Å². The monoisotopic (exact) mass is 182 g/mol. The van der Waals surface area contributed by atoms with Crippen LogP contribution in [0, 0.1) is 5.41 Å². The fourth-order valence-corrected chi connectivity index (χ4v) is 0.986. The lowest BCUT2D eigenvalue weighted by Gasteiger charge is -2.17. The van der Waals surface area contributed by atoms with Gasteiger partial charge < -0.3 is 5.32 Å². The topological polar surface area (TPSA) is 53.6 Å². The molecule has 1 aromatic heterocycles. The van der Waals surface area contributed by atoms with E-state index in [0.29, 0.717) is 5.41 Å². The molecule has 0 amide bonds. The number of aromatic amines is 1. The van der Waals surface area contributed by atoms with Gasteiger partial charge >= 0.3 is 0 Å². The number of nitrogens with one attached hydrogen (secondary N) is 2. The van der Waals surface area contributed by atoms with Crippen LogP contribution < -0.4 is 5.32 Å². The first-order valence-corrected chi connectivity index (χ1v) is 4.63. The number of aromatic nitrogens is 3. The van der Waals surface area contributed by atoms with Crippen molar-refractivity contribution in [2.24, 2.45) is 5.41 Å². The van der Waals surface area contributed by atoms with Gasteiger partial charge in [-0.2, -0.15) is 5.10 Å². The molecule has 0 fully saturated rings. The second-order valence-electron chi connectivity index (χ2n) is 4.42. The molecule has 0 saturated heterocycles. The van der Waals surface area contributed by atoms with Crippen molar-refractivity contribution >= 4 is 0 Å². The maximum Gasteiger partial charge on any atom is 0.138 e. The van der Waals surface area contributed by atoms with E-state index in [9.17, 15) is 0 Å². The van der Waals surface area contributed by atoms with Crippen LogP contribution in [-0.2, 0) is 6.54 Å². The minimum Gasteiger partial charge on any atom is -0.310 e. The predicted octanol–water partition coefficient (Wildman–Crippen LogP) is 1.33. The minimum absolute atomic E-state index is 0.397. The van der Waals surface area contributed by atoms with E-state index < -0.39 is 0 Å². The summed E-state index contributed by atoms with van der Waals surface area (Å²) in [5.41, 5.74) is 0.397. The van der Waals surface area contributed by atoms with Gasteiger partial charge in [-0.15, -0.1) is 0 Å². The third-order valence-electron chi connectivity index (χ3n) is 1.81. The average Bonchev–Trinajstić information content (AvgIpc) is 2.48. The molecule has 0 saturated carbocycles. The Morgan fingerprint density at radius 1 is 1.46 bits per heavy atom. The zero-order valence-corrected chi connectivity index (χ0v) is 8.59.